The quantitative estimate of drug-likeness (QED) is 0.458. The molecule has 0 saturated heterocycles. The first-order chi connectivity index (χ1) is 12.9. The summed E-state index contributed by atoms with van der Waals surface area (Å²) in [4.78, 5) is 22.3. The van der Waals surface area contributed by atoms with Crippen LogP contribution in [0.1, 0.15) is 15.4 Å². The van der Waals surface area contributed by atoms with Crippen LogP contribution in [0.4, 0.5) is 10.8 Å². The number of carbonyl (C=O) groups is 1. The fraction of sp³-hybridized carbons (Fsp3) is 0.0625. The Hall–Kier alpha value is -2.75. The van der Waals surface area contributed by atoms with Crippen molar-refractivity contribution in [3.8, 4) is 5.75 Å². The summed E-state index contributed by atoms with van der Waals surface area (Å²) in [5, 5.41) is 22.7. The molecule has 3 rings (SSSR count). The highest BCUT2D eigenvalue weighted by molar-refractivity contribution is 7.15. The zero-order valence-electron chi connectivity index (χ0n) is 13.4. The van der Waals surface area contributed by atoms with E-state index in [1.165, 1.54) is 24.3 Å². The third-order valence-corrected chi connectivity index (χ3v) is 4.62. The summed E-state index contributed by atoms with van der Waals surface area (Å²) in [7, 11) is 0. The maximum atomic E-state index is 12.2. The average Bonchev–Trinajstić information content (AvgIpc) is 3.08. The van der Waals surface area contributed by atoms with Gasteiger partial charge in [-0.05, 0) is 30.3 Å². The van der Waals surface area contributed by atoms with Crippen LogP contribution in [-0.2, 0) is 6.61 Å². The van der Waals surface area contributed by atoms with Gasteiger partial charge in [0, 0.05) is 22.7 Å². The Morgan fingerprint density at radius 2 is 1.93 bits per heavy atom. The van der Waals surface area contributed by atoms with Gasteiger partial charge in [-0.2, -0.15) is 0 Å². The Balaban J connectivity index is 1.60. The van der Waals surface area contributed by atoms with Crippen LogP contribution in [0.25, 0.3) is 0 Å². The number of nitrogens with one attached hydrogen (secondary N) is 1. The molecule has 0 aliphatic rings. The molecule has 0 unspecified atom stereocenters. The number of carbonyl (C=O) groups excluding carboxylic acids is 1. The summed E-state index contributed by atoms with van der Waals surface area (Å²) >= 11 is 13.0. The number of nitro groups is 1. The Morgan fingerprint density at radius 1 is 1.19 bits per heavy atom. The number of anilines is 1. The molecule has 1 N–H and O–H groups in total. The highest BCUT2D eigenvalue weighted by Crippen LogP contribution is 2.28. The van der Waals surface area contributed by atoms with Crippen molar-refractivity contribution in [3.63, 3.8) is 0 Å². The topological polar surface area (TPSA) is 107 Å². The van der Waals surface area contributed by atoms with Crippen molar-refractivity contribution in [3.05, 3.63) is 73.2 Å². The van der Waals surface area contributed by atoms with Gasteiger partial charge in [-0.25, -0.2) is 0 Å². The van der Waals surface area contributed by atoms with Gasteiger partial charge in [-0.3, -0.25) is 20.2 Å². The van der Waals surface area contributed by atoms with Crippen LogP contribution in [0.5, 0.6) is 5.75 Å². The average molecular weight is 425 g/mol. The van der Waals surface area contributed by atoms with Crippen LogP contribution in [-0.4, -0.2) is 21.0 Å². The van der Waals surface area contributed by atoms with Gasteiger partial charge in [0.15, 0.2) is 5.01 Å². The van der Waals surface area contributed by atoms with Crippen LogP contribution in [0, 0.1) is 10.1 Å². The largest absolute Gasteiger partial charge is 0.485 e. The summed E-state index contributed by atoms with van der Waals surface area (Å²) in [5.41, 5.74) is 0.171. The summed E-state index contributed by atoms with van der Waals surface area (Å²) in [6.45, 7) is 0.117. The first-order valence-electron chi connectivity index (χ1n) is 7.38. The SMILES string of the molecule is O=C(Nc1nnc(COc2ccc(Cl)cc2Cl)s1)c1ccc([N+](=O)[O-])cc1. The van der Waals surface area contributed by atoms with Crippen LogP contribution in [0.2, 0.25) is 10.0 Å². The summed E-state index contributed by atoms with van der Waals surface area (Å²) < 4.78 is 5.56. The van der Waals surface area contributed by atoms with Crippen molar-refractivity contribution in [1.82, 2.24) is 10.2 Å². The fourth-order valence-electron chi connectivity index (χ4n) is 2.00. The number of rotatable bonds is 6. The second kappa shape index (κ2) is 8.30. The van der Waals surface area contributed by atoms with E-state index >= 15 is 0 Å². The highest BCUT2D eigenvalue weighted by Gasteiger charge is 2.13. The Morgan fingerprint density at radius 3 is 2.59 bits per heavy atom. The lowest BCUT2D eigenvalue weighted by atomic mass is 10.2. The van der Waals surface area contributed by atoms with Crippen molar-refractivity contribution in [1.29, 1.82) is 0 Å². The molecule has 1 amide bonds. The maximum absolute atomic E-state index is 12.2. The molecule has 27 heavy (non-hydrogen) atoms. The number of amides is 1. The number of halogens is 2. The minimum absolute atomic E-state index is 0.0947. The monoisotopic (exact) mass is 424 g/mol. The third kappa shape index (κ3) is 4.91. The first-order valence-corrected chi connectivity index (χ1v) is 8.95. The molecule has 1 aromatic heterocycles. The molecule has 1 heterocycles. The molecule has 11 heteroatoms. The van der Waals surface area contributed by atoms with Gasteiger partial charge in [0.2, 0.25) is 5.13 Å². The summed E-state index contributed by atoms with van der Waals surface area (Å²) in [6, 6.07) is 10.1. The number of non-ortho nitro benzene ring substituents is 1. The summed E-state index contributed by atoms with van der Waals surface area (Å²) in [5.74, 6) is 0.00185. The second-order valence-electron chi connectivity index (χ2n) is 5.12. The molecule has 2 aromatic carbocycles. The van der Waals surface area contributed by atoms with Crippen molar-refractivity contribution >= 4 is 51.3 Å². The minimum atomic E-state index is -0.536. The number of hydrogen-bond acceptors (Lipinski definition) is 7. The number of aromatic nitrogens is 2. The standard InChI is InChI=1S/C16H10Cl2N4O4S/c17-10-3-6-13(12(18)7-10)26-8-14-20-21-16(27-14)19-15(23)9-1-4-11(5-2-9)22(24)25/h1-7H,8H2,(H,19,21,23). The first kappa shape index (κ1) is 19.0. The van der Waals surface area contributed by atoms with Crippen LogP contribution >= 0.6 is 34.5 Å². The maximum Gasteiger partial charge on any atom is 0.269 e. The lowest BCUT2D eigenvalue weighted by Crippen LogP contribution is -2.11. The molecule has 0 radical (unpaired) electrons. The molecule has 0 saturated carbocycles. The molecule has 138 valence electrons. The smallest absolute Gasteiger partial charge is 0.269 e. The minimum Gasteiger partial charge on any atom is -0.485 e. The van der Waals surface area contributed by atoms with Gasteiger partial charge >= 0.3 is 0 Å². The molecular formula is C16H10Cl2N4O4S. The van der Waals surface area contributed by atoms with Crippen LogP contribution in [0.15, 0.2) is 42.5 Å². The predicted molar refractivity (Wildman–Crippen MR) is 102 cm³/mol. The van der Waals surface area contributed by atoms with Crippen molar-refractivity contribution in [2.45, 2.75) is 6.61 Å². The molecular weight excluding hydrogens is 415 g/mol. The molecule has 0 spiro atoms. The summed E-state index contributed by atoms with van der Waals surface area (Å²) in [6.07, 6.45) is 0. The second-order valence-corrected chi connectivity index (χ2v) is 7.03. The number of nitro benzene ring substituents is 1. The molecule has 0 aliphatic heterocycles. The van der Waals surface area contributed by atoms with Gasteiger partial charge in [0.1, 0.15) is 12.4 Å². The van der Waals surface area contributed by atoms with E-state index in [0.717, 1.165) is 11.3 Å². The molecule has 0 atom stereocenters. The lowest BCUT2D eigenvalue weighted by Gasteiger charge is -2.05. The van der Waals surface area contributed by atoms with E-state index in [9.17, 15) is 14.9 Å². The van der Waals surface area contributed by atoms with E-state index < -0.39 is 10.8 Å². The van der Waals surface area contributed by atoms with Gasteiger partial charge in [-0.15, -0.1) is 10.2 Å². The van der Waals surface area contributed by atoms with Crippen LogP contribution in [0.3, 0.4) is 0 Å². The van der Waals surface area contributed by atoms with E-state index in [2.05, 4.69) is 15.5 Å². The van der Waals surface area contributed by atoms with Crippen molar-refractivity contribution in [2.24, 2.45) is 0 Å². The number of benzene rings is 2. The van der Waals surface area contributed by atoms with E-state index in [-0.39, 0.29) is 23.0 Å². The zero-order valence-corrected chi connectivity index (χ0v) is 15.7. The lowest BCUT2D eigenvalue weighted by molar-refractivity contribution is -0.384. The normalized spacial score (nSPS) is 10.4. The number of hydrogen-bond donors (Lipinski definition) is 1. The molecule has 0 fully saturated rings. The van der Waals surface area contributed by atoms with Crippen molar-refractivity contribution in [2.75, 3.05) is 5.32 Å². The van der Waals surface area contributed by atoms with E-state index in [1.54, 1.807) is 18.2 Å². The van der Waals surface area contributed by atoms with Gasteiger partial charge in [0.25, 0.3) is 11.6 Å². The molecule has 8 nitrogen and oxygen atoms in total. The molecule has 3 aromatic rings. The fourth-order valence-corrected chi connectivity index (χ4v) is 3.11. The number of nitrogens with zero attached hydrogens (tertiary/aromatic N) is 3. The van der Waals surface area contributed by atoms with Gasteiger partial charge < -0.3 is 4.74 Å². The molecule has 0 bridgehead atoms. The van der Waals surface area contributed by atoms with Crippen LogP contribution < -0.4 is 10.1 Å². The predicted octanol–water partition coefficient (Wildman–Crippen LogP) is 4.58. The van der Waals surface area contributed by atoms with Gasteiger partial charge in [0.05, 0.1) is 9.95 Å². The Labute approximate surface area is 166 Å². The van der Waals surface area contributed by atoms with E-state index in [0.29, 0.717) is 20.8 Å². The van der Waals surface area contributed by atoms with Crippen molar-refractivity contribution < 1.29 is 14.5 Å². The Kier molecular flexibility index (Phi) is 5.84. The van der Waals surface area contributed by atoms with E-state index in [1.807, 2.05) is 0 Å². The highest BCUT2D eigenvalue weighted by atomic mass is 35.5. The zero-order chi connectivity index (χ0) is 19.4. The van der Waals surface area contributed by atoms with Gasteiger partial charge in [-0.1, -0.05) is 34.5 Å². The Bertz CT molecular complexity index is 994. The van der Waals surface area contributed by atoms with E-state index in [4.69, 9.17) is 27.9 Å². The third-order valence-electron chi connectivity index (χ3n) is 3.27. The number of ether oxygens (including phenoxy) is 1. The molecule has 0 aliphatic carbocycles.